The van der Waals surface area contributed by atoms with Crippen molar-refractivity contribution in [2.75, 3.05) is 11.9 Å². The fourth-order valence-corrected chi connectivity index (χ4v) is 2.13. The molecule has 0 fully saturated rings. The van der Waals surface area contributed by atoms with E-state index in [9.17, 15) is 9.59 Å². The Morgan fingerprint density at radius 1 is 1.33 bits per heavy atom. The number of hydrogen-bond acceptors (Lipinski definition) is 3. The Balaban J connectivity index is 1.90. The van der Waals surface area contributed by atoms with E-state index in [1.54, 1.807) is 30.3 Å². The van der Waals surface area contributed by atoms with Crippen molar-refractivity contribution in [3.05, 3.63) is 42.0 Å². The van der Waals surface area contributed by atoms with Crippen LogP contribution >= 0.6 is 0 Å². The van der Waals surface area contributed by atoms with Gasteiger partial charge in [-0.3, -0.25) is 9.59 Å². The summed E-state index contributed by atoms with van der Waals surface area (Å²) in [6, 6.07) is 6.48. The van der Waals surface area contributed by atoms with E-state index in [0.29, 0.717) is 17.7 Å². The molecule has 0 bridgehead atoms. The van der Waals surface area contributed by atoms with Gasteiger partial charge in [-0.2, -0.15) is 0 Å². The quantitative estimate of drug-likeness (QED) is 0.433. The first-order valence-corrected chi connectivity index (χ1v) is 6.60. The van der Waals surface area contributed by atoms with Gasteiger partial charge in [0.25, 0.3) is 0 Å². The van der Waals surface area contributed by atoms with E-state index < -0.39 is 11.8 Å². The molecule has 0 aromatic heterocycles. The molecular weight excluding hydrogens is 268 g/mol. The molecule has 0 spiro atoms. The van der Waals surface area contributed by atoms with E-state index in [-0.39, 0.29) is 18.6 Å². The predicted molar refractivity (Wildman–Crippen MR) is 79.3 cm³/mol. The van der Waals surface area contributed by atoms with Gasteiger partial charge in [-0.25, -0.2) is 0 Å². The normalized spacial score (nSPS) is 19.8. The van der Waals surface area contributed by atoms with Crippen molar-refractivity contribution in [1.82, 2.24) is 5.32 Å². The van der Waals surface area contributed by atoms with Gasteiger partial charge in [-0.05, 0) is 24.6 Å². The van der Waals surface area contributed by atoms with Gasteiger partial charge in [0, 0.05) is 29.8 Å². The summed E-state index contributed by atoms with van der Waals surface area (Å²) in [7, 11) is 0. The average Bonchev–Trinajstić information content (AvgIpc) is 2.95. The number of aliphatic hydroxyl groups excluding tert-OH is 1. The maximum absolute atomic E-state index is 11.8. The Labute approximate surface area is 123 Å². The lowest BCUT2D eigenvalue weighted by Crippen LogP contribution is -2.40. The zero-order chi connectivity index (χ0) is 15.2. The van der Waals surface area contributed by atoms with Crippen molar-refractivity contribution in [2.24, 2.45) is 5.92 Å². The average molecular weight is 284 g/mol. The Morgan fingerprint density at radius 3 is 2.81 bits per heavy atom. The number of terminal acetylenes is 1. The maximum atomic E-state index is 11.8. The van der Waals surface area contributed by atoms with E-state index in [2.05, 4.69) is 16.6 Å². The Kier molecular flexibility index (Phi) is 4.75. The van der Waals surface area contributed by atoms with Crippen LogP contribution in [0.1, 0.15) is 12.0 Å². The number of carbonyl (C=O) groups is 2. The number of amides is 2. The number of anilines is 1. The smallest absolute Gasteiger partial charge is 0.313 e. The Morgan fingerprint density at radius 2 is 2.14 bits per heavy atom. The summed E-state index contributed by atoms with van der Waals surface area (Å²) in [5.74, 6) is 1.03. The molecule has 3 N–H and O–H groups in total. The van der Waals surface area contributed by atoms with Gasteiger partial charge in [-0.15, -0.1) is 6.42 Å². The number of aliphatic hydroxyl groups is 1. The van der Waals surface area contributed by atoms with Crippen LogP contribution in [0.4, 0.5) is 5.69 Å². The minimum absolute atomic E-state index is 0.0330. The molecule has 0 radical (unpaired) electrons. The molecule has 108 valence electrons. The first-order valence-electron chi connectivity index (χ1n) is 6.60. The molecule has 0 unspecified atom stereocenters. The summed E-state index contributed by atoms with van der Waals surface area (Å²) in [5.41, 5.74) is 1.10. The molecule has 1 aromatic rings. The molecule has 0 saturated carbocycles. The summed E-state index contributed by atoms with van der Waals surface area (Å²) in [4.78, 5) is 23.6. The second kappa shape index (κ2) is 6.73. The van der Waals surface area contributed by atoms with E-state index in [0.717, 1.165) is 0 Å². The van der Waals surface area contributed by atoms with Crippen LogP contribution in [0.3, 0.4) is 0 Å². The fraction of sp³-hybridized carbons (Fsp3) is 0.250. The van der Waals surface area contributed by atoms with E-state index in [1.165, 1.54) is 0 Å². The van der Waals surface area contributed by atoms with E-state index in [4.69, 9.17) is 11.5 Å². The van der Waals surface area contributed by atoms with Crippen LogP contribution in [0.2, 0.25) is 0 Å². The predicted octanol–water partition coefficient (Wildman–Crippen LogP) is 0.660. The van der Waals surface area contributed by atoms with Crippen LogP contribution in [0, 0.1) is 18.3 Å². The molecule has 0 heterocycles. The van der Waals surface area contributed by atoms with Gasteiger partial charge < -0.3 is 15.7 Å². The topological polar surface area (TPSA) is 78.4 Å². The zero-order valence-electron chi connectivity index (χ0n) is 11.4. The molecule has 2 rings (SSSR count). The van der Waals surface area contributed by atoms with Crippen LogP contribution in [-0.2, 0) is 9.59 Å². The van der Waals surface area contributed by atoms with Crippen molar-refractivity contribution < 1.29 is 14.7 Å². The van der Waals surface area contributed by atoms with Gasteiger partial charge >= 0.3 is 11.8 Å². The van der Waals surface area contributed by atoms with Crippen molar-refractivity contribution >= 4 is 17.5 Å². The fourth-order valence-electron chi connectivity index (χ4n) is 2.13. The lowest BCUT2D eigenvalue weighted by molar-refractivity contribution is -0.136. The van der Waals surface area contributed by atoms with Crippen molar-refractivity contribution in [3.8, 4) is 12.3 Å². The molecule has 2 amide bonds. The molecule has 1 aliphatic carbocycles. The van der Waals surface area contributed by atoms with E-state index >= 15 is 0 Å². The first kappa shape index (κ1) is 14.8. The number of hydrogen-bond donors (Lipinski definition) is 3. The van der Waals surface area contributed by atoms with Gasteiger partial charge in [0.15, 0.2) is 0 Å². The van der Waals surface area contributed by atoms with Gasteiger partial charge in [0.05, 0.1) is 0 Å². The number of benzene rings is 1. The van der Waals surface area contributed by atoms with Crippen LogP contribution in [0.25, 0.3) is 0 Å². The SMILES string of the molecule is C#Cc1cccc(NC(=O)C(=O)N[C@@H]2C=C[C@H](CO)C2)c1. The molecule has 21 heavy (non-hydrogen) atoms. The third kappa shape index (κ3) is 3.94. The van der Waals surface area contributed by atoms with Gasteiger partial charge in [-0.1, -0.05) is 24.1 Å². The number of rotatable bonds is 3. The van der Waals surface area contributed by atoms with Crippen molar-refractivity contribution in [3.63, 3.8) is 0 Å². The molecule has 1 aromatic carbocycles. The lowest BCUT2D eigenvalue weighted by atomic mass is 10.1. The molecule has 5 heteroatoms. The van der Waals surface area contributed by atoms with E-state index in [1.807, 2.05) is 6.08 Å². The third-order valence-electron chi connectivity index (χ3n) is 3.22. The summed E-state index contributed by atoms with van der Waals surface area (Å²) in [6.07, 6.45) is 9.49. The Bertz CT molecular complexity index is 616. The Hall–Kier alpha value is -2.58. The second-order valence-corrected chi connectivity index (χ2v) is 4.82. The monoisotopic (exact) mass is 284 g/mol. The third-order valence-corrected chi connectivity index (χ3v) is 3.22. The highest BCUT2D eigenvalue weighted by Gasteiger charge is 2.22. The minimum Gasteiger partial charge on any atom is -0.396 e. The number of carbonyl (C=O) groups excluding carboxylic acids is 2. The minimum atomic E-state index is -0.745. The molecule has 2 atom stereocenters. The summed E-state index contributed by atoms with van der Waals surface area (Å²) in [5, 5.41) is 14.1. The second-order valence-electron chi connectivity index (χ2n) is 4.82. The van der Waals surface area contributed by atoms with Crippen molar-refractivity contribution in [2.45, 2.75) is 12.5 Å². The zero-order valence-corrected chi connectivity index (χ0v) is 11.4. The summed E-state index contributed by atoms with van der Waals surface area (Å²) in [6.45, 7) is 0.0357. The molecule has 0 saturated heterocycles. The molecular formula is C16H16N2O3. The van der Waals surface area contributed by atoms with Gasteiger partial charge in [0.1, 0.15) is 0 Å². The first-order chi connectivity index (χ1) is 10.1. The molecule has 1 aliphatic rings. The molecule has 5 nitrogen and oxygen atoms in total. The maximum Gasteiger partial charge on any atom is 0.313 e. The largest absolute Gasteiger partial charge is 0.396 e. The highest BCUT2D eigenvalue weighted by atomic mass is 16.3. The summed E-state index contributed by atoms with van der Waals surface area (Å²) >= 11 is 0. The highest BCUT2D eigenvalue weighted by molar-refractivity contribution is 6.39. The number of nitrogens with one attached hydrogen (secondary N) is 2. The van der Waals surface area contributed by atoms with Crippen molar-refractivity contribution in [1.29, 1.82) is 0 Å². The lowest BCUT2D eigenvalue weighted by Gasteiger charge is -2.12. The van der Waals surface area contributed by atoms with Crippen LogP contribution in [0.15, 0.2) is 36.4 Å². The standard InChI is InChI=1S/C16H16N2O3/c1-2-11-4-3-5-13(8-11)17-15(20)16(21)18-14-7-6-12(9-14)10-19/h1,3-8,12,14,19H,9-10H2,(H,17,20)(H,18,21)/t12-,14+/m0/s1. The van der Waals surface area contributed by atoms with Crippen LogP contribution in [-0.4, -0.2) is 29.6 Å². The van der Waals surface area contributed by atoms with Gasteiger partial charge in [0.2, 0.25) is 0 Å². The highest BCUT2D eigenvalue weighted by Crippen LogP contribution is 2.17. The molecule has 0 aliphatic heterocycles. The summed E-state index contributed by atoms with van der Waals surface area (Å²) < 4.78 is 0. The van der Waals surface area contributed by atoms with Crippen LogP contribution in [0.5, 0.6) is 0 Å². The van der Waals surface area contributed by atoms with Crippen LogP contribution < -0.4 is 10.6 Å².